The highest BCUT2D eigenvalue weighted by Gasteiger charge is 2.14. The molecule has 2 amide bonds. The van der Waals surface area contributed by atoms with Gasteiger partial charge in [-0.3, -0.25) is 9.59 Å². The Hall–Kier alpha value is -2.84. The molecule has 0 aliphatic rings. The van der Waals surface area contributed by atoms with E-state index in [1.54, 1.807) is 35.1 Å². The molecule has 0 saturated heterocycles. The van der Waals surface area contributed by atoms with Gasteiger partial charge in [0.2, 0.25) is 5.91 Å². The van der Waals surface area contributed by atoms with Crippen LogP contribution >= 0.6 is 22.9 Å². The molecule has 0 unspecified atom stereocenters. The molecule has 0 aliphatic carbocycles. The average Bonchev–Trinajstić information content (AvgIpc) is 3.19. The maximum absolute atomic E-state index is 12.2. The van der Waals surface area contributed by atoms with Gasteiger partial charge in [-0.05, 0) is 36.4 Å². The summed E-state index contributed by atoms with van der Waals surface area (Å²) in [5.74, 6) is -0.0973. The highest BCUT2D eigenvalue weighted by atomic mass is 35.5. The molecule has 0 atom stereocenters. The summed E-state index contributed by atoms with van der Waals surface area (Å²) in [6.07, 6.45) is 1.75. The number of nitrogens with two attached hydrogens (primary N) is 1. The number of benzene rings is 1. The molecule has 26 heavy (non-hydrogen) atoms. The molecule has 0 aliphatic heterocycles. The lowest BCUT2D eigenvalue weighted by atomic mass is 10.3. The van der Waals surface area contributed by atoms with E-state index in [-0.39, 0.29) is 18.4 Å². The lowest BCUT2D eigenvalue weighted by Crippen LogP contribution is -2.22. The third-order valence-electron chi connectivity index (χ3n) is 3.48. The molecule has 3 aromatic rings. The first-order chi connectivity index (χ1) is 12.4. The van der Waals surface area contributed by atoms with Gasteiger partial charge in [-0.1, -0.05) is 11.6 Å². The Morgan fingerprint density at radius 2 is 1.96 bits per heavy atom. The largest absolute Gasteiger partial charge is 0.399 e. The first kappa shape index (κ1) is 18.0. The van der Waals surface area contributed by atoms with Crippen LogP contribution in [0.5, 0.6) is 0 Å². The number of anilines is 2. The van der Waals surface area contributed by atoms with E-state index in [1.165, 1.54) is 18.3 Å². The van der Waals surface area contributed by atoms with Crippen molar-refractivity contribution in [3.8, 4) is 5.69 Å². The lowest BCUT2D eigenvalue weighted by Gasteiger charge is -2.04. The fraction of sp³-hybridized carbons (Fsp3) is 0.118. The van der Waals surface area contributed by atoms with Gasteiger partial charge in [0.15, 0.2) is 5.82 Å². The topological polar surface area (TPSA) is 102 Å². The van der Waals surface area contributed by atoms with Crippen molar-refractivity contribution in [2.24, 2.45) is 0 Å². The third-order valence-corrected chi connectivity index (χ3v) is 4.71. The zero-order chi connectivity index (χ0) is 18.7. The van der Waals surface area contributed by atoms with Crippen LogP contribution in [0.1, 0.15) is 22.2 Å². The molecule has 0 radical (unpaired) electrons. The van der Waals surface area contributed by atoms with E-state index in [4.69, 9.17) is 17.3 Å². The van der Waals surface area contributed by atoms with E-state index >= 15 is 0 Å². The fourth-order valence-corrected chi connectivity index (χ4v) is 3.23. The number of carbonyl (C=O) groups is 2. The SMILES string of the molecule is CC(=O)Nc1nn(-c2ccc(N)cc2)cc1CNC(=O)c1ccc(Cl)s1. The lowest BCUT2D eigenvalue weighted by molar-refractivity contribution is -0.114. The molecule has 134 valence electrons. The van der Waals surface area contributed by atoms with E-state index in [0.29, 0.717) is 26.3 Å². The van der Waals surface area contributed by atoms with Gasteiger partial charge in [0, 0.05) is 30.9 Å². The van der Waals surface area contributed by atoms with Crippen LogP contribution in [0.25, 0.3) is 5.69 Å². The number of amides is 2. The van der Waals surface area contributed by atoms with E-state index in [0.717, 1.165) is 5.69 Å². The number of thiophene rings is 1. The van der Waals surface area contributed by atoms with Gasteiger partial charge in [-0.15, -0.1) is 16.4 Å². The van der Waals surface area contributed by atoms with Crippen molar-refractivity contribution >= 4 is 46.3 Å². The smallest absolute Gasteiger partial charge is 0.261 e. The van der Waals surface area contributed by atoms with Crippen LogP contribution < -0.4 is 16.4 Å². The van der Waals surface area contributed by atoms with Gasteiger partial charge < -0.3 is 16.4 Å². The van der Waals surface area contributed by atoms with Gasteiger partial charge in [-0.25, -0.2) is 4.68 Å². The van der Waals surface area contributed by atoms with Gasteiger partial charge in [0.25, 0.3) is 5.91 Å². The van der Waals surface area contributed by atoms with Gasteiger partial charge in [0.05, 0.1) is 14.9 Å². The predicted octanol–water partition coefficient (Wildman–Crippen LogP) is 3.06. The summed E-state index contributed by atoms with van der Waals surface area (Å²) in [6, 6.07) is 10.5. The number of carbonyl (C=O) groups excluding carboxylic acids is 2. The molecule has 3 rings (SSSR count). The van der Waals surface area contributed by atoms with Crippen LogP contribution in [0.15, 0.2) is 42.6 Å². The first-order valence-electron chi connectivity index (χ1n) is 7.68. The van der Waals surface area contributed by atoms with Gasteiger partial charge >= 0.3 is 0 Å². The van der Waals surface area contributed by atoms with Crippen LogP contribution in [-0.4, -0.2) is 21.6 Å². The highest BCUT2D eigenvalue weighted by Crippen LogP contribution is 2.22. The van der Waals surface area contributed by atoms with E-state index in [9.17, 15) is 9.59 Å². The Morgan fingerprint density at radius 1 is 1.23 bits per heavy atom. The molecular formula is C17H16ClN5O2S. The molecule has 7 nitrogen and oxygen atoms in total. The zero-order valence-corrected chi connectivity index (χ0v) is 15.4. The van der Waals surface area contributed by atoms with Crippen molar-refractivity contribution in [2.45, 2.75) is 13.5 Å². The first-order valence-corrected chi connectivity index (χ1v) is 8.87. The maximum Gasteiger partial charge on any atom is 0.261 e. The molecular weight excluding hydrogens is 374 g/mol. The fourth-order valence-electron chi connectivity index (χ4n) is 2.27. The van der Waals surface area contributed by atoms with Crippen molar-refractivity contribution in [1.82, 2.24) is 15.1 Å². The number of nitrogen functional groups attached to an aromatic ring is 1. The number of hydrogen-bond donors (Lipinski definition) is 3. The van der Waals surface area contributed by atoms with Crippen molar-refractivity contribution in [3.63, 3.8) is 0 Å². The number of nitrogens with one attached hydrogen (secondary N) is 2. The van der Waals surface area contributed by atoms with Crippen molar-refractivity contribution < 1.29 is 9.59 Å². The monoisotopic (exact) mass is 389 g/mol. The zero-order valence-electron chi connectivity index (χ0n) is 13.8. The summed E-state index contributed by atoms with van der Waals surface area (Å²) in [5.41, 5.74) is 7.80. The molecule has 0 bridgehead atoms. The third kappa shape index (κ3) is 4.22. The molecule has 9 heteroatoms. The van der Waals surface area contributed by atoms with Crippen molar-refractivity contribution in [2.75, 3.05) is 11.1 Å². The normalized spacial score (nSPS) is 10.5. The number of rotatable bonds is 5. The minimum absolute atomic E-state index is 0.207. The quantitative estimate of drug-likeness (QED) is 0.583. The molecule has 0 fully saturated rings. The summed E-state index contributed by atoms with van der Waals surface area (Å²) in [5, 5.41) is 9.86. The Kier molecular flexibility index (Phi) is 5.24. The molecule has 4 N–H and O–H groups in total. The predicted molar refractivity (Wildman–Crippen MR) is 103 cm³/mol. The van der Waals surface area contributed by atoms with E-state index in [2.05, 4.69) is 15.7 Å². The summed E-state index contributed by atoms with van der Waals surface area (Å²) in [6.45, 7) is 1.61. The minimum atomic E-state index is -0.245. The van der Waals surface area contributed by atoms with E-state index in [1.807, 2.05) is 12.1 Å². The number of aromatic nitrogens is 2. The molecule has 2 aromatic heterocycles. The second-order valence-corrected chi connectivity index (χ2v) is 7.22. The van der Waals surface area contributed by atoms with Gasteiger partial charge in [-0.2, -0.15) is 0 Å². The second-order valence-electron chi connectivity index (χ2n) is 5.51. The molecule has 0 saturated carbocycles. The Labute approximate surface area is 158 Å². The van der Waals surface area contributed by atoms with Gasteiger partial charge in [0.1, 0.15) is 0 Å². The standard InChI is InChI=1S/C17H16ClN5O2S/c1-10(24)21-16-11(8-20-17(25)14-6-7-15(18)26-14)9-23(22-16)13-4-2-12(19)3-5-13/h2-7,9H,8,19H2,1H3,(H,20,25)(H,21,22,24). The molecule has 0 spiro atoms. The molecule has 2 heterocycles. The Morgan fingerprint density at radius 3 is 2.58 bits per heavy atom. The van der Waals surface area contributed by atoms with Crippen molar-refractivity contribution in [3.05, 3.63) is 57.4 Å². The number of hydrogen-bond acceptors (Lipinski definition) is 5. The van der Waals surface area contributed by atoms with Crippen LogP contribution in [0.2, 0.25) is 4.34 Å². The summed E-state index contributed by atoms with van der Waals surface area (Å²) < 4.78 is 2.17. The second kappa shape index (κ2) is 7.59. The van der Waals surface area contributed by atoms with Crippen LogP contribution in [-0.2, 0) is 11.3 Å². The van der Waals surface area contributed by atoms with Crippen LogP contribution in [0.4, 0.5) is 11.5 Å². The van der Waals surface area contributed by atoms with Crippen LogP contribution in [0.3, 0.4) is 0 Å². The number of halogens is 1. The summed E-state index contributed by atoms with van der Waals surface area (Å²) in [7, 11) is 0. The summed E-state index contributed by atoms with van der Waals surface area (Å²) in [4.78, 5) is 24.1. The van der Waals surface area contributed by atoms with Crippen LogP contribution in [0, 0.1) is 0 Å². The maximum atomic E-state index is 12.2. The number of nitrogens with zero attached hydrogens (tertiary/aromatic N) is 2. The minimum Gasteiger partial charge on any atom is -0.399 e. The summed E-state index contributed by atoms with van der Waals surface area (Å²) >= 11 is 7.06. The Bertz CT molecular complexity index is 948. The van der Waals surface area contributed by atoms with Crippen molar-refractivity contribution in [1.29, 1.82) is 0 Å². The molecule has 1 aromatic carbocycles. The average molecular weight is 390 g/mol. The van der Waals surface area contributed by atoms with E-state index < -0.39 is 0 Å². The Balaban J connectivity index is 1.81. The highest BCUT2D eigenvalue weighted by molar-refractivity contribution is 7.17.